The Kier molecular flexibility index (Phi) is 7.81. The number of hydrogen-bond donors (Lipinski definition) is 2. The maximum atomic E-state index is 12.7. The summed E-state index contributed by atoms with van der Waals surface area (Å²) in [5.74, 6) is 0.766. The molecule has 34 heavy (non-hydrogen) atoms. The Bertz CT molecular complexity index is 1150. The summed E-state index contributed by atoms with van der Waals surface area (Å²) in [6, 6.07) is 16.5. The van der Waals surface area contributed by atoms with Gasteiger partial charge in [-0.3, -0.25) is 14.4 Å². The van der Waals surface area contributed by atoms with E-state index in [0.29, 0.717) is 23.1 Å². The van der Waals surface area contributed by atoms with Gasteiger partial charge in [0.05, 0.1) is 24.5 Å². The molecule has 0 saturated carbocycles. The molecule has 4 rings (SSSR count). The lowest BCUT2D eigenvalue weighted by Gasteiger charge is -2.16. The van der Waals surface area contributed by atoms with Crippen molar-refractivity contribution >= 4 is 57.3 Å². The summed E-state index contributed by atoms with van der Waals surface area (Å²) in [6.07, 6.45) is 0.179. The van der Waals surface area contributed by atoms with Gasteiger partial charge in [0.1, 0.15) is 5.75 Å². The van der Waals surface area contributed by atoms with Crippen molar-refractivity contribution in [3.63, 3.8) is 0 Å². The summed E-state index contributed by atoms with van der Waals surface area (Å²) in [5, 5.41) is 8.02. The number of hydrogen-bond acceptors (Lipinski definition) is 7. The topological polar surface area (TPSA) is 101 Å². The molecule has 1 aliphatic rings. The standard InChI is InChI=1S/C24H24N4O4S2/c1-32-20-9-7-17(8-10-20)25-21(29)15-33-13-18-14-34-24(26-18)27-23(31)16-11-22(30)28(12-16)19-5-3-2-4-6-19/h2-10,14,16H,11-13,15H2,1H3,(H,25,29)(H,26,27,31). The highest BCUT2D eigenvalue weighted by atomic mass is 32.2. The molecular weight excluding hydrogens is 472 g/mol. The molecule has 1 aliphatic heterocycles. The van der Waals surface area contributed by atoms with Crippen LogP contribution >= 0.6 is 23.1 Å². The molecule has 1 fully saturated rings. The van der Waals surface area contributed by atoms with Crippen LogP contribution in [-0.4, -0.2) is 42.1 Å². The number of rotatable bonds is 9. The van der Waals surface area contributed by atoms with Crippen molar-refractivity contribution < 1.29 is 19.1 Å². The number of amides is 3. The van der Waals surface area contributed by atoms with Crippen LogP contribution in [0, 0.1) is 5.92 Å². The lowest BCUT2D eigenvalue weighted by molar-refractivity contribution is -0.122. The Morgan fingerprint density at radius 3 is 2.65 bits per heavy atom. The van der Waals surface area contributed by atoms with E-state index in [-0.39, 0.29) is 29.9 Å². The van der Waals surface area contributed by atoms with Crippen LogP contribution in [0.3, 0.4) is 0 Å². The van der Waals surface area contributed by atoms with E-state index in [4.69, 9.17) is 4.74 Å². The molecule has 1 aromatic heterocycles. The molecule has 3 amide bonds. The van der Waals surface area contributed by atoms with Gasteiger partial charge < -0.3 is 20.3 Å². The van der Waals surface area contributed by atoms with Gasteiger partial charge in [0.2, 0.25) is 17.7 Å². The van der Waals surface area contributed by atoms with Crippen molar-refractivity contribution in [3.8, 4) is 5.75 Å². The van der Waals surface area contributed by atoms with Crippen molar-refractivity contribution in [1.29, 1.82) is 0 Å². The lowest BCUT2D eigenvalue weighted by atomic mass is 10.1. The van der Waals surface area contributed by atoms with Crippen LogP contribution in [0.2, 0.25) is 0 Å². The third-order valence-electron chi connectivity index (χ3n) is 5.20. The minimum atomic E-state index is -0.420. The molecule has 2 N–H and O–H groups in total. The number of methoxy groups -OCH3 is 1. The van der Waals surface area contributed by atoms with Gasteiger partial charge in [-0.2, -0.15) is 0 Å². The summed E-state index contributed by atoms with van der Waals surface area (Å²) in [5.41, 5.74) is 2.30. The van der Waals surface area contributed by atoms with Crippen LogP contribution < -0.4 is 20.3 Å². The van der Waals surface area contributed by atoms with Gasteiger partial charge in [-0.25, -0.2) is 4.98 Å². The van der Waals surface area contributed by atoms with Crippen LogP contribution in [0.25, 0.3) is 0 Å². The van der Waals surface area contributed by atoms with Crippen molar-refractivity contribution in [2.45, 2.75) is 12.2 Å². The average Bonchev–Trinajstić information content (AvgIpc) is 3.46. The lowest BCUT2D eigenvalue weighted by Crippen LogP contribution is -2.28. The first-order chi connectivity index (χ1) is 16.5. The third-order valence-corrected chi connectivity index (χ3v) is 6.98. The number of ether oxygens (including phenoxy) is 1. The fourth-order valence-corrected chi connectivity index (χ4v) is 5.03. The fraction of sp³-hybridized carbons (Fsp3) is 0.250. The maximum absolute atomic E-state index is 12.7. The van der Waals surface area contributed by atoms with Gasteiger partial charge in [-0.1, -0.05) is 18.2 Å². The van der Waals surface area contributed by atoms with Gasteiger partial charge >= 0.3 is 0 Å². The number of aromatic nitrogens is 1. The van der Waals surface area contributed by atoms with E-state index in [1.165, 1.54) is 23.1 Å². The molecule has 3 aromatic rings. The van der Waals surface area contributed by atoms with E-state index in [1.807, 2.05) is 35.7 Å². The maximum Gasteiger partial charge on any atom is 0.234 e. The largest absolute Gasteiger partial charge is 0.497 e. The molecule has 0 radical (unpaired) electrons. The number of para-hydroxylation sites is 1. The van der Waals surface area contributed by atoms with Crippen LogP contribution in [0.5, 0.6) is 5.75 Å². The van der Waals surface area contributed by atoms with Crippen molar-refractivity contribution in [2.75, 3.05) is 34.9 Å². The second-order valence-electron chi connectivity index (χ2n) is 7.64. The number of thioether (sulfide) groups is 1. The molecule has 176 valence electrons. The van der Waals surface area contributed by atoms with Crippen LogP contribution in [0.4, 0.5) is 16.5 Å². The molecule has 1 unspecified atom stereocenters. The zero-order chi connectivity index (χ0) is 23.9. The fourth-order valence-electron chi connectivity index (χ4n) is 3.50. The SMILES string of the molecule is COc1ccc(NC(=O)CSCc2csc(NC(=O)C3CC(=O)N(c4ccccc4)C3)n2)cc1. The molecule has 1 saturated heterocycles. The molecule has 8 nitrogen and oxygen atoms in total. The molecule has 2 aromatic carbocycles. The van der Waals surface area contributed by atoms with Crippen LogP contribution in [0.1, 0.15) is 12.1 Å². The highest BCUT2D eigenvalue weighted by Gasteiger charge is 2.35. The van der Waals surface area contributed by atoms with E-state index < -0.39 is 5.92 Å². The molecule has 10 heteroatoms. The summed E-state index contributed by atoms with van der Waals surface area (Å²) in [4.78, 5) is 43.3. The number of carbonyl (C=O) groups is 3. The van der Waals surface area contributed by atoms with E-state index in [1.54, 1.807) is 36.3 Å². The highest BCUT2D eigenvalue weighted by molar-refractivity contribution is 7.99. The van der Waals surface area contributed by atoms with Gasteiger partial charge in [0.25, 0.3) is 0 Å². The summed E-state index contributed by atoms with van der Waals surface area (Å²) >= 11 is 2.77. The zero-order valence-electron chi connectivity index (χ0n) is 18.5. The van der Waals surface area contributed by atoms with E-state index in [9.17, 15) is 14.4 Å². The van der Waals surface area contributed by atoms with E-state index in [2.05, 4.69) is 15.6 Å². The first-order valence-corrected chi connectivity index (χ1v) is 12.7. The van der Waals surface area contributed by atoms with Gasteiger partial charge in [0.15, 0.2) is 5.13 Å². The predicted octanol–water partition coefficient (Wildman–Crippen LogP) is 4.02. The van der Waals surface area contributed by atoms with Gasteiger partial charge in [-0.05, 0) is 36.4 Å². The third kappa shape index (κ3) is 6.15. The number of thiazole rings is 1. The molecule has 1 atom stereocenters. The summed E-state index contributed by atoms with van der Waals surface area (Å²) in [6.45, 7) is 0.353. The molecule has 0 spiro atoms. The average molecular weight is 497 g/mol. The van der Waals surface area contributed by atoms with Gasteiger partial charge in [0, 0.05) is 35.5 Å². The predicted molar refractivity (Wildman–Crippen MR) is 135 cm³/mol. The first kappa shape index (κ1) is 23.8. The van der Waals surface area contributed by atoms with Crippen LogP contribution in [0.15, 0.2) is 60.0 Å². The van der Waals surface area contributed by atoms with Crippen LogP contribution in [-0.2, 0) is 20.1 Å². The Labute approximate surface area is 205 Å². The van der Waals surface area contributed by atoms with Crippen molar-refractivity contribution in [1.82, 2.24) is 4.98 Å². The highest BCUT2D eigenvalue weighted by Crippen LogP contribution is 2.27. The van der Waals surface area contributed by atoms with E-state index >= 15 is 0 Å². The second-order valence-corrected chi connectivity index (χ2v) is 9.49. The Morgan fingerprint density at radius 1 is 1.15 bits per heavy atom. The number of carbonyl (C=O) groups excluding carboxylic acids is 3. The number of anilines is 3. The molecule has 0 bridgehead atoms. The smallest absolute Gasteiger partial charge is 0.234 e. The van der Waals surface area contributed by atoms with Gasteiger partial charge in [-0.15, -0.1) is 23.1 Å². The summed E-state index contributed by atoms with van der Waals surface area (Å²) < 4.78 is 5.10. The second kappa shape index (κ2) is 11.2. The first-order valence-electron chi connectivity index (χ1n) is 10.6. The zero-order valence-corrected chi connectivity index (χ0v) is 20.2. The Hall–Kier alpha value is -3.37. The van der Waals surface area contributed by atoms with Crippen molar-refractivity contribution in [3.05, 3.63) is 65.7 Å². The van der Waals surface area contributed by atoms with E-state index in [0.717, 1.165) is 17.1 Å². The quantitative estimate of drug-likeness (QED) is 0.464. The minimum Gasteiger partial charge on any atom is -0.497 e. The normalized spacial score (nSPS) is 15.3. The van der Waals surface area contributed by atoms with Crippen molar-refractivity contribution in [2.24, 2.45) is 5.92 Å². The summed E-state index contributed by atoms with van der Waals surface area (Å²) in [7, 11) is 1.59. The monoisotopic (exact) mass is 496 g/mol. The minimum absolute atomic E-state index is 0.0597. The Balaban J connectivity index is 1.21. The molecule has 2 heterocycles. The molecular formula is C24H24N4O4S2. The number of nitrogens with zero attached hydrogens (tertiary/aromatic N) is 2. The molecule has 0 aliphatic carbocycles. The Morgan fingerprint density at radius 2 is 1.91 bits per heavy atom. The number of nitrogens with one attached hydrogen (secondary N) is 2. The number of benzene rings is 2.